The van der Waals surface area contributed by atoms with Gasteiger partial charge in [0.25, 0.3) is 0 Å². The van der Waals surface area contributed by atoms with Crippen LogP contribution in [0.1, 0.15) is 36.8 Å². The first-order valence-electron chi connectivity index (χ1n) is 8.60. The van der Waals surface area contributed by atoms with Crippen molar-refractivity contribution < 1.29 is 18.0 Å². The van der Waals surface area contributed by atoms with Crippen LogP contribution in [0.3, 0.4) is 0 Å². The Kier molecular flexibility index (Phi) is 5.13. The van der Waals surface area contributed by atoms with Crippen molar-refractivity contribution in [2.45, 2.75) is 44.3 Å². The van der Waals surface area contributed by atoms with E-state index in [-0.39, 0.29) is 17.9 Å². The van der Waals surface area contributed by atoms with E-state index in [0.717, 1.165) is 31.4 Å². The molecule has 1 N–H and O–H groups in total. The molecular formula is C18H23F3N2O. The molecule has 0 aromatic heterocycles. The van der Waals surface area contributed by atoms with Crippen molar-refractivity contribution in [3.05, 3.63) is 35.4 Å². The molecule has 132 valence electrons. The Morgan fingerprint density at radius 1 is 1.12 bits per heavy atom. The summed E-state index contributed by atoms with van der Waals surface area (Å²) in [5, 5.41) is 3.53. The van der Waals surface area contributed by atoms with E-state index < -0.39 is 11.7 Å². The normalized spacial score (nSPS) is 19.5. The number of rotatable bonds is 5. The van der Waals surface area contributed by atoms with Gasteiger partial charge in [-0.05, 0) is 49.8 Å². The van der Waals surface area contributed by atoms with Gasteiger partial charge in [-0.1, -0.05) is 18.2 Å². The molecule has 3 nitrogen and oxygen atoms in total. The van der Waals surface area contributed by atoms with Crippen molar-refractivity contribution in [1.29, 1.82) is 0 Å². The zero-order valence-corrected chi connectivity index (χ0v) is 13.6. The third-order valence-electron chi connectivity index (χ3n) is 4.90. The Balaban J connectivity index is 1.52. The number of benzene rings is 1. The zero-order chi connectivity index (χ0) is 17.2. The van der Waals surface area contributed by atoms with Gasteiger partial charge in [-0.15, -0.1) is 0 Å². The molecule has 1 aliphatic carbocycles. The summed E-state index contributed by atoms with van der Waals surface area (Å²) in [6.45, 7) is 2.29. The summed E-state index contributed by atoms with van der Waals surface area (Å²) in [4.78, 5) is 14.1. The van der Waals surface area contributed by atoms with Crippen LogP contribution in [0, 0.1) is 5.92 Å². The number of nitrogens with one attached hydrogen (secondary N) is 1. The number of piperidine rings is 1. The molecule has 1 aliphatic heterocycles. The topological polar surface area (TPSA) is 32.3 Å². The molecule has 2 aliphatic rings. The van der Waals surface area contributed by atoms with Crippen LogP contribution in [0.2, 0.25) is 0 Å². The van der Waals surface area contributed by atoms with Gasteiger partial charge in [0.1, 0.15) is 0 Å². The van der Waals surface area contributed by atoms with Crippen LogP contribution in [-0.4, -0.2) is 36.5 Å². The minimum Gasteiger partial charge on any atom is -0.342 e. The molecule has 0 unspecified atom stereocenters. The minimum atomic E-state index is -4.42. The van der Waals surface area contributed by atoms with Crippen molar-refractivity contribution >= 4 is 5.91 Å². The monoisotopic (exact) mass is 340 g/mol. The van der Waals surface area contributed by atoms with Gasteiger partial charge in [0.2, 0.25) is 5.91 Å². The maximum Gasteiger partial charge on any atom is 0.416 e. The lowest BCUT2D eigenvalue weighted by Crippen LogP contribution is -2.45. The van der Waals surface area contributed by atoms with Crippen LogP contribution >= 0.6 is 0 Å². The summed E-state index contributed by atoms with van der Waals surface area (Å²) >= 11 is 0. The molecule has 0 atom stereocenters. The van der Waals surface area contributed by atoms with Gasteiger partial charge in [-0.2, -0.15) is 13.2 Å². The third-order valence-corrected chi connectivity index (χ3v) is 4.90. The SMILES string of the molecule is O=C(Cc1ccccc1C(F)(F)F)N1CCC(NCC2CC2)CC1. The van der Waals surface area contributed by atoms with Gasteiger partial charge in [-0.3, -0.25) is 4.79 Å². The number of hydrogen-bond donors (Lipinski definition) is 1. The molecule has 0 radical (unpaired) electrons. The Bertz CT molecular complexity index is 576. The third kappa shape index (κ3) is 4.50. The lowest BCUT2D eigenvalue weighted by molar-refractivity contribution is -0.138. The molecule has 6 heteroatoms. The van der Waals surface area contributed by atoms with E-state index in [1.54, 1.807) is 11.0 Å². The zero-order valence-electron chi connectivity index (χ0n) is 13.6. The van der Waals surface area contributed by atoms with E-state index in [1.165, 1.54) is 25.0 Å². The second-order valence-electron chi connectivity index (χ2n) is 6.84. The molecule has 1 aromatic carbocycles. The first-order valence-corrected chi connectivity index (χ1v) is 8.60. The summed E-state index contributed by atoms with van der Waals surface area (Å²) in [6, 6.07) is 5.76. The fourth-order valence-electron chi connectivity index (χ4n) is 3.21. The Labute approximate surface area is 140 Å². The van der Waals surface area contributed by atoms with Crippen LogP contribution in [0.15, 0.2) is 24.3 Å². The average molecular weight is 340 g/mol. The highest BCUT2D eigenvalue weighted by Gasteiger charge is 2.34. The number of carbonyl (C=O) groups is 1. The van der Waals surface area contributed by atoms with Crippen LogP contribution in [0.25, 0.3) is 0 Å². The molecular weight excluding hydrogens is 317 g/mol. The largest absolute Gasteiger partial charge is 0.416 e. The van der Waals surface area contributed by atoms with E-state index in [2.05, 4.69) is 5.32 Å². The lowest BCUT2D eigenvalue weighted by atomic mass is 10.0. The van der Waals surface area contributed by atoms with Crippen molar-refractivity contribution in [3.63, 3.8) is 0 Å². The summed E-state index contributed by atoms with van der Waals surface area (Å²) in [6.07, 6.45) is -0.239. The highest BCUT2D eigenvalue weighted by Crippen LogP contribution is 2.32. The van der Waals surface area contributed by atoms with Crippen LogP contribution in [0.4, 0.5) is 13.2 Å². The van der Waals surface area contributed by atoms with Gasteiger partial charge in [0, 0.05) is 19.1 Å². The van der Waals surface area contributed by atoms with E-state index in [0.29, 0.717) is 19.1 Å². The number of nitrogens with zero attached hydrogens (tertiary/aromatic N) is 1. The standard InChI is InChI=1S/C18H23F3N2O/c19-18(20,21)16-4-2-1-3-14(16)11-17(24)23-9-7-15(8-10-23)22-12-13-5-6-13/h1-4,13,15,22H,5-12H2. The first kappa shape index (κ1) is 17.3. The second kappa shape index (κ2) is 7.13. The number of hydrogen-bond acceptors (Lipinski definition) is 2. The molecule has 3 rings (SSSR count). The number of likely N-dealkylation sites (tertiary alicyclic amines) is 1. The molecule has 2 fully saturated rings. The molecule has 0 spiro atoms. The van der Waals surface area contributed by atoms with Gasteiger partial charge < -0.3 is 10.2 Å². The molecule has 1 saturated carbocycles. The fourth-order valence-corrected chi connectivity index (χ4v) is 3.21. The molecule has 1 aromatic rings. The second-order valence-corrected chi connectivity index (χ2v) is 6.84. The molecule has 0 bridgehead atoms. The van der Waals surface area contributed by atoms with Gasteiger partial charge >= 0.3 is 6.18 Å². The number of carbonyl (C=O) groups excluding carboxylic acids is 1. The molecule has 1 heterocycles. The van der Waals surface area contributed by atoms with E-state index in [4.69, 9.17) is 0 Å². The maximum absolute atomic E-state index is 13.0. The lowest BCUT2D eigenvalue weighted by Gasteiger charge is -2.33. The Hall–Kier alpha value is -1.56. The van der Waals surface area contributed by atoms with E-state index in [1.807, 2.05) is 0 Å². The highest BCUT2D eigenvalue weighted by atomic mass is 19.4. The fraction of sp³-hybridized carbons (Fsp3) is 0.611. The van der Waals surface area contributed by atoms with Crippen molar-refractivity contribution in [1.82, 2.24) is 10.2 Å². The van der Waals surface area contributed by atoms with Gasteiger partial charge in [0.05, 0.1) is 12.0 Å². The predicted molar refractivity (Wildman–Crippen MR) is 85.5 cm³/mol. The predicted octanol–water partition coefficient (Wildman–Crippen LogP) is 3.24. The Morgan fingerprint density at radius 2 is 1.79 bits per heavy atom. The van der Waals surface area contributed by atoms with Gasteiger partial charge in [-0.25, -0.2) is 0 Å². The molecule has 1 saturated heterocycles. The van der Waals surface area contributed by atoms with Crippen molar-refractivity contribution in [2.75, 3.05) is 19.6 Å². The molecule has 1 amide bonds. The minimum absolute atomic E-state index is 0.0592. The number of alkyl halides is 3. The van der Waals surface area contributed by atoms with E-state index in [9.17, 15) is 18.0 Å². The summed E-state index contributed by atoms with van der Waals surface area (Å²) < 4.78 is 39.0. The Morgan fingerprint density at radius 3 is 2.42 bits per heavy atom. The van der Waals surface area contributed by atoms with Crippen molar-refractivity contribution in [3.8, 4) is 0 Å². The highest BCUT2D eigenvalue weighted by molar-refractivity contribution is 5.79. The average Bonchev–Trinajstić information content (AvgIpc) is 3.37. The first-order chi connectivity index (χ1) is 11.4. The number of amides is 1. The van der Waals surface area contributed by atoms with Crippen LogP contribution in [-0.2, 0) is 17.4 Å². The van der Waals surface area contributed by atoms with E-state index >= 15 is 0 Å². The summed E-state index contributed by atoms with van der Waals surface area (Å²) in [5.41, 5.74) is -0.650. The van der Waals surface area contributed by atoms with Crippen molar-refractivity contribution in [2.24, 2.45) is 5.92 Å². The van der Waals surface area contributed by atoms with Gasteiger partial charge in [0.15, 0.2) is 0 Å². The summed E-state index contributed by atoms with van der Waals surface area (Å²) in [5.74, 6) is 0.607. The smallest absolute Gasteiger partial charge is 0.342 e. The quantitative estimate of drug-likeness (QED) is 0.892. The van der Waals surface area contributed by atoms with Crippen LogP contribution < -0.4 is 5.32 Å². The molecule has 24 heavy (non-hydrogen) atoms. The van der Waals surface area contributed by atoms with Crippen LogP contribution in [0.5, 0.6) is 0 Å². The summed E-state index contributed by atoms with van der Waals surface area (Å²) in [7, 11) is 0. The number of halogens is 3. The maximum atomic E-state index is 13.0.